The van der Waals surface area contributed by atoms with E-state index in [9.17, 15) is 5.26 Å². The fourth-order valence-electron chi connectivity index (χ4n) is 3.14. The molecule has 4 rings (SSSR count). The predicted octanol–water partition coefficient (Wildman–Crippen LogP) is 5.85. The Morgan fingerprint density at radius 1 is 1.26 bits per heavy atom. The van der Waals surface area contributed by atoms with Gasteiger partial charge in [0.15, 0.2) is 4.34 Å². The molecule has 0 unspecified atom stereocenters. The number of benzene rings is 2. The standard InChI is InChI=1S/C22H15N3S2/c1-3-12-25-15(2)18(17-8-4-6-10-20(17)25)13-16(14-23)26-22-24-19-9-5-7-11-21(19)27-22/h1,4-11,13H,12H2,2H3. The molecule has 0 saturated carbocycles. The average molecular weight is 386 g/mol. The molecule has 0 atom stereocenters. The van der Waals surface area contributed by atoms with E-state index in [1.54, 1.807) is 11.3 Å². The minimum Gasteiger partial charge on any atom is -0.333 e. The highest BCUT2D eigenvalue weighted by molar-refractivity contribution is 8.05. The Kier molecular flexibility index (Phi) is 4.73. The van der Waals surface area contributed by atoms with Crippen molar-refractivity contribution in [2.75, 3.05) is 0 Å². The number of thiazole rings is 1. The molecule has 0 bridgehead atoms. The molecule has 4 aromatic rings. The number of aromatic nitrogens is 2. The van der Waals surface area contributed by atoms with Crippen LogP contribution in [0.3, 0.4) is 0 Å². The molecule has 2 heterocycles. The van der Waals surface area contributed by atoms with E-state index in [-0.39, 0.29) is 0 Å². The second-order valence-corrected chi connectivity index (χ2v) is 8.30. The summed E-state index contributed by atoms with van der Waals surface area (Å²) in [5.74, 6) is 2.72. The summed E-state index contributed by atoms with van der Waals surface area (Å²) in [6.45, 7) is 2.55. The highest BCUT2D eigenvalue weighted by Gasteiger charge is 2.14. The molecule has 3 nitrogen and oxygen atoms in total. The zero-order chi connectivity index (χ0) is 18.8. The molecule has 0 fully saturated rings. The van der Waals surface area contributed by atoms with Gasteiger partial charge in [0.2, 0.25) is 0 Å². The van der Waals surface area contributed by atoms with Crippen molar-refractivity contribution in [2.24, 2.45) is 0 Å². The summed E-state index contributed by atoms with van der Waals surface area (Å²) in [6, 6.07) is 18.5. The van der Waals surface area contributed by atoms with Crippen LogP contribution in [0.4, 0.5) is 0 Å². The Balaban J connectivity index is 1.78. The molecule has 0 aliphatic carbocycles. The van der Waals surface area contributed by atoms with E-state index in [2.05, 4.69) is 33.7 Å². The van der Waals surface area contributed by atoms with Crippen LogP contribution in [0.2, 0.25) is 0 Å². The number of allylic oxidation sites excluding steroid dienone is 1. The summed E-state index contributed by atoms with van der Waals surface area (Å²) in [7, 11) is 0. The first-order chi connectivity index (χ1) is 13.2. The number of fused-ring (bicyclic) bond motifs is 2. The first-order valence-corrected chi connectivity index (χ1v) is 10.0. The lowest BCUT2D eigenvalue weighted by Crippen LogP contribution is -1.97. The number of hydrogen-bond acceptors (Lipinski definition) is 4. The van der Waals surface area contributed by atoms with Crippen LogP contribution in [0.25, 0.3) is 27.2 Å². The van der Waals surface area contributed by atoms with E-state index < -0.39 is 0 Å². The fraction of sp³-hybridized carbons (Fsp3) is 0.0909. The van der Waals surface area contributed by atoms with E-state index in [0.717, 1.165) is 36.7 Å². The maximum absolute atomic E-state index is 9.70. The maximum Gasteiger partial charge on any atom is 0.156 e. The molecule has 0 N–H and O–H groups in total. The van der Waals surface area contributed by atoms with Crippen molar-refractivity contribution < 1.29 is 0 Å². The predicted molar refractivity (Wildman–Crippen MR) is 115 cm³/mol. The molecule has 0 amide bonds. The summed E-state index contributed by atoms with van der Waals surface area (Å²) in [5, 5.41) is 10.8. The Morgan fingerprint density at radius 3 is 2.81 bits per heavy atom. The third-order valence-electron chi connectivity index (χ3n) is 4.39. The number of terminal acetylenes is 1. The van der Waals surface area contributed by atoms with E-state index >= 15 is 0 Å². The maximum atomic E-state index is 9.70. The summed E-state index contributed by atoms with van der Waals surface area (Å²) in [5.41, 5.74) is 4.14. The van der Waals surface area contributed by atoms with Crippen LogP contribution in [0, 0.1) is 30.6 Å². The summed E-state index contributed by atoms with van der Waals surface area (Å²) in [4.78, 5) is 5.23. The van der Waals surface area contributed by atoms with Crippen molar-refractivity contribution in [1.82, 2.24) is 9.55 Å². The van der Waals surface area contributed by atoms with E-state index in [1.807, 2.05) is 49.4 Å². The fourth-order valence-corrected chi connectivity index (χ4v) is 5.10. The van der Waals surface area contributed by atoms with Gasteiger partial charge in [0, 0.05) is 22.2 Å². The number of rotatable bonds is 4. The van der Waals surface area contributed by atoms with Gasteiger partial charge in [-0.05, 0) is 43.0 Å². The molecule has 5 heteroatoms. The van der Waals surface area contributed by atoms with E-state index in [1.165, 1.54) is 11.8 Å². The lowest BCUT2D eigenvalue weighted by Gasteiger charge is -2.03. The Hall–Kier alpha value is -2.99. The molecule has 0 spiro atoms. The second-order valence-electron chi connectivity index (χ2n) is 5.98. The molecule has 0 aliphatic rings. The third kappa shape index (κ3) is 3.24. The number of hydrogen-bond donors (Lipinski definition) is 0. The monoisotopic (exact) mass is 385 g/mol. The van der Waals surface area contributed by atoms with Crippen LogP contribution < -0.4 is 0 Å². The SMILES string of the molecule is C#CCn1c(C)c(C=C(C#N)Sc2nc3ccccc3s2)c2ccccc21. The quantitative estimate of drug-likeness (QED) is 0.251. The summed E-state index contributed by atoms with van der Waals surface area (Å²) >= 11 is 3.01. The second kappa shape index (κ2) is 7.32. The number of para-hydroxylation sites is 2. The average Bonchev–Trinajstić information content (AvgIpc) is 3.21. The van der Waals surface area contributed by atoms with Gasteiger partial charge in [-0.15, -0.1) is 17.8 Å². The molecule has 27 heavy (non-hydrogen) atoms. The van der Waals surface area contributed by atoms with Crippen molar-refractivity contribution in [3.05, 3.63) is 64.7 Å². The number of thioether (sulfide) groups is 1. The zero-order valence-corrected chi connectivity index (χ0v) is 16.3. The topological polar surface area (TPSA) is 41.6 Å². The van der Waals surface area contributed by atoms with E-state index in [4.69, 9.17) is 6.42 Å². The van der Waals surface area contributed by atoms with Crippen molar-refractivity contribution in [2.45, 2.75) is 17.8 Å². The molecule has 2 aromatic carbocycles. The summed E-state index contributed by atoms with van der Waals surface area (Å²) < 4.78 is 4.10. The molecule has 0 saturated heterocycles. The van der Waals surface area contributed by atoms with Gasteiger partial charge in [-0.25, -0.2) is 4.98 Å². The number of nitrogens with zero attached hydrogens (tertiary/aromatic N) is 3. The molecule has 2 aromatic heterocycles. The van der Waals surface area contributed by atoms with Gasteiger partial charge in [-0.1, -0.05) is 36.3 Å². The van der Waals surface area contributed by atoms with Gasteiger partial charge >= 0.3 is 0 Å². The largest absolute Gasteiger partial charge is 0.333 e. The smallest absolute Gasteiger partial charge is 0.156 e. The van der Waals surface area contributed by atoms with Gasteiger partial charge in [0.1, 0.15) is 6.07 Å². The third-order valence-corrected chi connectivity index (χ3v) is 6.41. The van der Waals surface area contributed by atoms with Gasteiger partial charge in [0.05, 0.1) is 21.7 Å². The Labute approximate surface area is 166 Å². The van der Waals surface area contributed by atoms with Crippen molar-refractivity contribution >= 4 is 50.3 Å². The van der Waals surface area contributed by atoms with Gasteiger partial charge in [0.25, 0.3) is 0 Å². The Morgan fingerprint density at radius 2 is 2.04 bits per heavy atom. The van der Waals surface area contributed by atoms with Crippen LogP contribution in [-0.2, 0) is 6.54 Å². The van der Waals surface area contributed by atoms with Crippen LogP contribution in [0.5, 0.6) is 0 Å². The normalized spacial score (nSPS) is 11.6. The molecular weight excluding hydrogens is 370 g/mol. The highest BCUT2D eigenvalue weighted by atomic mass is 32.2. The van der Waals surface area contributed by atoms with Crippen molar-refractivity contribution in [3.63, 3.8) is 0 Å². The van der Waals surface area contributed by atoms with Gasteiger partial charge in [-0.3, -0.25) is 0 Å². The highest BCUT2D eigenvalue weighted by Crippen LogP contribution is 2.36. The minimum atomic E-state index is 0.507. The summed E-state index contributed by atoms with van der Waals surface area (Å²) in [6.07, 6.45) is 7.49. The Bertz CT molecular complexity index is 1230. The van der Waals surface area contributed by atoms with E-state index in [0.29, 0.717) is 11.4 Å². The van der Waals surface area contributed by atoms with Gasteiger partial charge in [-0.2, -0.15) is 5.26 Å². The van der Waals surface area contributed by atoms with Crippen molar-refractivity contribution in [1.29, 1.82) is 5.26 Å². The van der Waals surface area contributed by atoms with Crippen LogP contribution in [0.1, 0.15) is 11.3 Å². The van der Waals surface area contributed by atoms with Crippen LogP contribution in [0.15, 0.2) is 57.8 Å². The lowest BCUT2D eigenvalue weighted by molar-refractivity contribution is 0.846. The molecule has 130 valence electrons. The number of nitriles is 1. The molecule has 0 aliphatic heterocycles. The van der Waals surface area contributed by atoms with Crippen LogP contribution >= 0.6 is 23.1 Å². The van der Waals surface area contributed by atoms with Crippen molar-refractivity contribution in [3.8, 4) is 18.4 Å². The zero-order valence-electron chi connectivity index (χ0n) is 14.6. The minimum absolute atomic E-state index is 0.507. The van der Waals surface area contributed by atoms with Crippen LogP contribution in [-0.4, -0.2) is 9.55 Å². The lowest BCUT2D eigenvalue weighted by atomic mass is 10.1. The van der Waals surface area contributed by atoms with Gasteiger partial charge < -0.3 is 4.57 Å². The molecule has 0 radical (unpaired) electrons. The first-order valence-electron chi connectivity index (χ1n) is 8.38. The first kappa shape index (κ1) is 17.4. The molecular formula is C22H15N3S2.